The van der Waals surface area contributed by atoms with E-state index in [0.717, 1.165) is 31.0 Å². The van der Waals surface area contributed by atoms with Crippen molar-refractivity contribution in [2.24, 2.45) is 5.73 Å². The molecule has 1 aliphatic rings. The van der Waals surface area contributed by atoms with Gasteiger partial charge in [-0.15, -0.1) is 0 Å². The monoisotopic (exact) mass is 248 g/mol. The molecule has 0 saturated carbocycles. The minimum Gasteiger partial charge on any atom is -0.370 e. The number of nitrogens with zero attached hydrogens (tertiary/aromatic N) is 1. The van der Waals surface area contributed by atoms with Gasteiger partial charge in [-0.3, -0.25) is 4.79 Å². The lowest BCUT2D eigenvalue weighted by Crippen LogP contribution is -2.24. The maximum absolute atomic E-state index is 11.1. The molecule has 2 rings (SSSR count). The Hall–Kier alpha value is -1.62. The molecule has 0 bridgehead atoms. The van der Waals surface area contributed by atoms with E-state index in [1.165, 1.54) is 12.8 Å². The van der Waals surface area contributed by atoms with Gasteiger partial charge in [0.1, 0.15) is 5.82 Å². The number of primary amides is 1. The van der Waals surface area contributed by atoms with E-state index in [1.54, 1.807) is 12.1 Å². The summed E-state index contributed by atoms with van der Waals surface area (Å²) in [5, 5.41) is 6.70. The average Bonchev–Trinajstić information content (AvgIpc) is 2.81. The summed E-state index contributed by atoms with van der Waals surface area (Å²) in [6, 6.07) is 4.02. The van der Waals surface area contributed by atoms with Gasteiger partial charge in [0.15, 0.2) is 0 Å². The fourth-order valence-corrected chi connectivity index (χ4v) is 2.28. The molecule has 0 radical (unpaired) electrons. The highest BCUT2D eigenvalue weighted by Gasteiger charge is 2.13. The smallest absolute Gasteiger partial charge is 0.248 e. The number of aryl methyl sites for hydroxylation is 1. The van der Waals surface area contributed by atoms with Gasteiger partial charge >= 0.3 is 0 Å². The molecule has 1 aromatic rings. The van der Waals surface area contributed by atoms with E-state index < -0.39 is 5.91 Å². The predicted molar refractivity (Wildman–Crippen MR) is 71.6 cm³/mol. The van der Waals surface area contributed by atoms with Crippen LogP contribution in [0.2, 0.25) is 0 Å². The Morgan fingerprint density at radius 3 is 3.11 bits per heavy atom. The standard InChI is InChI=1S/C13H20N4O/c1-9-7-10(13(14)18)8-12(17-9)16-6-4-11-3-2-5-15-11/h7-8,11,15H,2-6H2,1H3,(H2,14,18)(H,16,17)/t11-/m0/s1. The van der Waals surface area contributed by atoms with E-state index in [-0.39, 0.29) is 0 Å². The van der Waals surface area contributed by atoms with Crippen molar-refractivity contribution in [3.05, 3.63) is 23.4 Å². The molecule has 0 unspecified atom stereocenters. The average molecular weight is 248 g/mol. The summed E-state index contributed by atoms with van der Waals surface area (Å²) in [5.74, 6) is 0.308. The number of rotatable bonds is 5. The molecule has 1 aromatic heterocycles. The number of carbonyl (C=O) groups excluding carboxylic acids is 1. The van der Waals surface area contributed by atoms with Crippen molar-refractivity contribution >= 4 is 11.7 Å². The molecule has 0 spiro atoms. The van der Waals surface area contributed by atoms with Gasteiger partial charge in [-0.2, -0.15) is 0 Å². The minimum atomic E-state index is -0.416. The molecule has 0 aromatic carbocycles. The molecule has 1 atom stereocenters. The molecule has 1 aliphatic heterocycles. The zero-order valence-electron chi connectivity index (χ0n) is 10.7. The predicted octanol–water partition coefficient (Wildman–Crippen LogP) is 1.04. The quantitative estimate of drug-likeness (QED) is 0.727. The maximum Gasteiger partial charge on any atom is 0.248 e. The van der Waals surface area contributed by atoms with Crippen LogP contribution in [0.4, 0.5) is 5.82 Å². The van der Waals surface area contributed by atoms with Gasteiger partial charge in [0, 0.05) is 23.8 Å². The van der Waals surface area contributed by atoms with Gasteiger partial charge in [-0.05, 0) is 44.9 Å². The number of nitrogens with one attached hydrogen (secondary N) is 2. The van der Waals surface area contributed by atoms with Crippen molar-refractivity contribution < 1.29 is 4.79 Å². The maximum atomic E-state index is 11.1. The van der Waals surface area contributed by atoms with Crippen LogP contribution in [0, 0.1) is 6.92 Å². The van der Waals surface area contributed by atoms with E-state index >= 15 is 0 Å². The second kappa shape index (κ2) is 5.82. The van der Waals surface area contributed by atoms with Crippen molar-refractivity contribution in [3.63, 3.8) is 0 Å². The van der Waals surface area contributed by atoms with E-state index in [0.29, 0.717) is 11.6 Å². The number of anilines is 1. The van der Waals surface area contributed by atoms with Crippen LogP contribution >= 0.6 is 0 Å². The van der Waals surface area contributed by atoms with Gasteiger partial charge in [-0.25, -0.2) is 4.98 Å². The molecule has 1 amide bonds. The Kier molecular flexibility index (Phi) is 4.15. The first kappa shape index (κ1) is 12.8. The zero-order chi connectivity index (χ0) is 13.0. The van der Waals surface area contributed by atoms with Crippen LogP contribution < -0.4 is 16.4 Å². The Bertz CT molecular complexity index is 427. The summed E-state index contributed by atoms with van der Waals surface area (Å²) >= 11 is 0. The van der Waals surface area contributed by atoms with Crippen LogP contribution in [0.1, 0.15) is 35.3 Å². The largest absolute Gasteiger partial charge is 0.370 e. The molecule has 1 saturated heterocycles. The van der Waals surface area contributed by atoms with Gasteiger partial charge in [0.05, 0.1) is 0 Å². The van der Waals surface area contributed by atoms with E-state index in [9.17, 15) is 4.79 Å². The second-order valence-electron chi connectivity index (χ2n) is 4.76. The number of carbonyl (C=O) groups is 1. The van der Waals surface area contributed by atoms with Crippen LogP contribution in [0.15, 0.2) is 12.1 Å². The fraction of sp³-hybridized carbons (Fsp3) is 0.538. The Balaban J connectivity index is 1.89. The number of nitrogens with two attached hydrogens (primary N) is 1. The van der Waals surface area contributed by atoms with Crippen molar-refractivity contribution in [2.45, 2.75) is 32.2 Å². The molecule has 5 heteroatoms. The summed E-state index contributed by atoms with van der Waals surface area (Å²) in [4.78, 5) is 15.5. The van der Waals surface area contributed by atoms with Gasteiger partial charge in [0.2, 0.25) is 5.91 Å². The fourth-order valence-electron chi connectivity index (χ4n) is 2.28. The van der Waals surface area contributed by atoms with Crippen LogP contribution in [-0.4, -0.2) is 30.0 Å². The first-order valence-electron chi connectivity index (χ1n) is 6.41. The Morgan fingerprint density at radius 2 is 2.44 bits per heavy atom. The third-order valence-corrected chi connectivity index (χ3v) is 3.20. The van der Waals surface area contributed by atoms with Crippen LogP contribution in [0.5, 0.6) is 0 Å². The lowest BCUT2D eigenvalue weighted by atomic mass is 10.1. The van der Waals surface area contributed by atoms with E-state index in [2.05, 4.69) is 15.6 Å². The van der Waals surface area contributed by atoms with Crippen LogP contribution in [0.3, 0.4) is 0 Å². The third kappa shape index (κ3) is 3.43. The second-order valence-corrected chi connectivity index (χ2v) is 4.76. The number of hydrogen-bond donors (Lipinski definition) is 3. The number of amides is 1. The van der Waals surface area contributed by atoms with Gasteiger partial charge < -0.3 is 16.4 Å². The van der Waals surface area contributed by atoms with E-state index in [1.807, 2.05) is 6.92 Å². The molecule has 5 nitrogen and oxygen atoms in total. The highest BCUT2D eigenvalue weighted by atomic mass is 16.1. The molecule has 4 N–H and O–H groups in total. The van der Waals surface area contributed by atoms with Gasteiger partial charge in [-0.1, -0.05) is 0 Å². The number of pyridine rings is 1. The van der Waals surface area contributed by atoms with Crippen LogP contribution in [0.25, 0.3) is 0 Å². The SMILES string of the molecule is Cc1cc(C(N)=O)cc(NCC[C@@H]2CCCN2)n1. The molecular weight excluding hydrogens is 228 g/mol. The molecule has 98 valence electrons. The molecule has 2 heterocycles. The zero-order valence-corrected chi connectivity index (χ0v) is 10.7. The number of hydrogen-bond acceptors (Lipinski definition) is 4. The van der Waals surface area contributed by atoms with Crippen molar-refractivity contribution in [1.29, 1.82) is 0 Å². The summed E-state index contributed by atoms with van der Waals surface area (Å²) < 4.78 is 0. The summed E-state index contributed by atoms with van der Waals surface area (Å²) in [7, 11) is 0. The topological polar surface area (TPSA) is 80.0 Å². The van der Waals surface area contributed by atoms with Crippen molar-refractivity contribution in [1.82, 2.24) is 10.3 Å². The normalized spacial score (nSPS) is 18.8. The molecule has 0 aliphatic carbocycles. The Morgan fingerprint density at radius 1 is 1.61 bits per heavy atom. The first-order chi connectivity index (χ1) is 8.65. The first-order valence-corrected chi connectivity index (χ1v) is 6.41. The Labute approximate surface area is 107 Å². The van der Waals surface area contributed by atoms with Crippen LogP contribution in [-0.2, 0) is 0 Å². The lowest BCUT2D eigenvalue weighted by Gasteiger charge is -2.12. The molecule has 18 heavy (non-hydrogen) atoms. The van der Waals surface area contributed by atoms with Crippen molar-refractivity contribution in [2.75, 3.05) is 18.4 Å². The lowest BCUT2D eigenvalue weighted by molar-refractivity contribution is 0.1000. The summed E-state index contributed by atoms with van der Waals surface area (Å²) in [6.07, 6.45) is 3.58. The van der Waals surface area contributed by atoms with Gasteiger partial charge in [0.25, 0.3) is 0 Å². The van der Waals surface area contributed by atoms with E-state index in [4.69, 9.17) is 5.73 Å². The van der Waals surface area contributed by atoms with Crippen molar-refractivity contribution in [3.8, 4) is 0 Å². The molecule has 1 fully saturated rings. The highest BCUT2D eigenvalue weighted by Crippen LogP contribution is 2.12. The number of aromatic nitrogens is 1. The summed E-state index contributed by atoms with van der Waals surface area (Å²) in [6.45, 7) is 3.83. The highest BCUT2D eigenvalue weighted by molar-refractivity contribution is 5.93. The summed E-state index contributed by atoms with van der Waals surface area (Å²) in [5.41, 5.74) is 6.58. The third-order valence-electron chi connectivity index (χ3n) is 3.20. The minimum absolute atomic E-state index is 0.416. The molecular formula is C13H20N4O.